The molecule has 0 bridgehead atoms. The van der Waals surface area contributed by atoms with Gasteiger partial charge in [-0.3, -0.25) is 9.69 Å². The maximum absolute atomic E-state index is 12.6. The van der Waals surface area contributed by atoms with E-state index >= 15 is 0 Å². The van der Waals surface area contributed by atoms with Gasteiger partial charge < -0.3 is 31.0 Å². The van der Waals surface area contributed by atoms with Crippen molar-refractivity contribution in [2.45, 2.75) is 31.7 Å². The molecular formula is C19H22BN5O6S. The molecule has 168 valence electrons. The highest BCUT2D eigenvalue weighted by atomic mass is 32.1. The van der Waals surface area contributed by atoms with Gasteiger partial charge in [-0.1, -0.05) is 17.3 Å². The largest absolute Gasteiger partial charge is 0.547 e. The van der Waals surface area contributed by atoms with Crippen molar-refractivity contribution in [2.24, 2.45) is 5.16 Å². The second-order valence-electron chi connectivity index (χ2n) is 7.69. The molecule has 3 heterocycles. The highest BCUT2D eigenvalue weighted by Gasteiger charge is 2.39. The molecule has 1 amide bonds. The summed E-state index contributed by atoms with van der Waals surface area (Å²) in [6, 6.07) is 3.50. The number of benzene rings is 1. The van der Waals surface area contributed by atoms with Gasteiger partial charge in [-0.15, -0.1) is 11.3 Å². The molecule has 6 N–H and O–H groups in total. The number of aromatic carboxylic acids is 1. The minimum atomic E-state index is -1.49. The van der Waals surface area contributed by atoms with Gasteiger partial charge in [-0.05, 0) is 43.5 Å². The van der Waals surface area contributed by atoms with E-state index in [-0.39, 0.29) is 34.3 Å². The number of rotatable bonds is 6. The zero-order chi connectivity index (χ0) is 22.8. The number of carboxylic acid groups (broad SMARTS) is 1. The fourth-order valence-corrected chi connectivity index (χ4v) is 4.57. The number of carbonyl (C=O) groups excluding carboxylic acids is 1. The molecule has 0 aliphatic carbocycles. The molecule has 11 nitrogen and oxygen atoms in total. The Kier molecular flexibility index (Phi) is 6.30. The predicted molar refractivity (Wildman–Crippen MR) is 117 cm³/mol. The van der Waals surface area contributed by atoms with E-state index in [1.165, 1.54) is 5.38 Å². The number of nitrogen functional groups attached to an aromatic ring is 1. The number of nitrogens with one attached hydrogen (secondary N) is 1. The Hall–Kier alpha value is -3.16. The number of thiazole rings is 1. The third kappa shape index (κ3) is 4.40. The zero-order valence-electron chi connectivity index (χ0n) is 17.0. The van der Waals surface area contributed by atoms with Gasteiger partial charge in [-0.2, -0.15) is 0 Å². The van der Waals surface area contributed by atoms with Crippen LogP contribution in [-0.4, -0.2) is 69.0 Å². The van der Waals surface area contributed by atoms with E-state index in [9.17, 15) is 24.9 Å². The molecule has 1 saturated heterocycles. The number of likely N-dealkylation sites (tertiary alicyclic amines) is 1. The summed E-state index contributed by atoms with van der Waals surface area (Å²) in [4.78, 5) is 30.7. The van der Waals surface area contributed by atoms with Crippen molar-refractivity contribution >= 4 is 41.2 Å². The average molecular weight is 459 g/mol. The van der Waals surface area contributed by atoms with Gasteiger partial charge in [0.2, 0.25) is 0 Å². The van der Waals surface area contributed by atoms with E-state index in [1.54, 1.807) is 12.1 Å². The molecule has 4 rings (SSSR count). The number of hydrogen-bond acceptors (Lipinski definition) is 10. The number of amides is 1. The first-order valence-electron chi connectivity index (χ1n) is 10.1. The van der Waals surface area contributed by atoms with Crippen LogP contribution >= 0.6 is 11.3 Å². The first-order valence-corrected chi connectivity index (χ1v) is 10.9. The van der Waals surface area contributed by atoms with Gasteiger partial charge in [0.15, 0.2) is 10.8 Å². The van der Waals surface area contributed by atoms with Gasteiger partial charge in [0.05, 0.1) is 5.94 Å². The zero-order valence-corrected chi connectivity index (χ0v) is 17.8. The molecule has 13 heteroatoms. The molecule has 1 fully saturated rings. The van der Waals surface area contributed by atoms with Crippen LogP contribution in [0.15, 0.2) is 22.7 Å². The number of nitrogens with two attached hydrogens (primary N) is 1. The summed E-state index contributed by atoms with van der Waals surface area (Å²) in [5, 5.41) is 36.8. The van der Waals surface area contributed by atoms with Crippen LogP contribution in [0.25, 0.3) is 0 Å². The molecule has 0 radical (unpaired) electrons. The van der Waals surface area contributed by atoms with Crippen molar-refractivity contribution in [1.82, 2.24) is 15.2 Å². The van der Waals surface area contributed by atoms with Crippen LogP contribution < -0.4 is 15.7 Å². The number of oxime groups is 1. The van der Waals surface area contributed by atoms with Gasteiger partial charge in [0.1, 0.15) is 17.0 Å². The number of fused-ring (bicyclic) bond motifs is 1. The number of aromatic nitrogens is 1. The summed E-state index contributed by atoms with van der Waals surface area (Å²) < 4.78 is 5.57. The Bertz CT molecular complexity index is 1070. The molecule has 2 aromatic rings. The van der Waals surface area contributed by atoms with E-state index < -0.39 is 24.9 Å². The van der Waals surface area contributed by atoms with Crippen molar-refractivity contribution in [3.63, 3.8) is 0 Å². The van der Waals surface area contributed by atoms with Crippen molar-refractivity contribution in [3.05, 3.63) is 39.9 Å². The number of hydrogen-bond donors (Lipinski definition) is 5. The molecule has 1 unspecified atom stereocenters. The number of anilines is 1. The molecule has 1 aromatic carbocycles. The monoisotopic (exact) mass is 459 g/mol. The third-order valence-corrected chi connectivity index (χ3v) is 6.22. The summed E-state index contributed by atoms with van der Waals surface area (Å²) in [6.45, 7) is 2.31. The maximum Gasteiger partial charge on any atom is 0.547 e. The topological polar surface area (TPSA) is 171 Å². The van der Waals surface area contributed by atoms with Crippen LogP contribution in [0, 0.1) is 0 Å². The van der Waals surface area contributed by atoms with Crippen molar-refractivity contribution < 1.29 is 29.6 Å². The lowest BCUT2D eigenvalue weighted by Gasteiger charge is -2.30. The lowest BCUT2D eigenvalue weighted by Crippen LogP contribution is -2.54. The second-order valence-corrected chi connectivity index (χ2v) is 8.58. The van der Waals surface area contributed by atoms with E-state index in [0.717, 1.165) is 37.3 Å². The predicted octanol–water partition coefficient (Wildman–Crippen LogP) is 0.337. The average Bonchev–Trinajstić information content (AvgIpc) is 3.41. The van der Waals surface area contributed by atoms with Crippen LogP contribution in [0.1, 0.15) is 40.0 Å². The van der Waals surface area contributed by atoms with E-state index in [1.807, 2.05) is 0 Å². The lowest BCUT2D eigenvalue weighted by atomic mass is 9.72. The van der Waals surface area contributed by atoms with Crippen LogP contribution in [-0.2, 0) is 17.8 Å². The Morgan fingerprint density at radius 2 is 2.12 bits per heavy atom. The first kappa shape index (κ1) is 22.1. The minimum Gasteiger partial charge on any atom is -0.534 e. The SMILES string of the molecule is Nc1nc(C(=NO)C(=O)NC2Cc3ccc(CN4CCCC4)c(C(=O)O)c3OB2O)cs1. The Morgan fingerprint density at radius 3 is 2.75 bits per heavy atom. The molecule has 1 atom stereocenters. The van der Waals surface area contributed by atoms with Crippen molar-refractivity contribution in [3.8, 4) is 5.75 Å². The Morgan fingerprint density at radius 1 is 1.38 bits per heavy atom. The minimum absolute atomic E-state index is 0.0220. The fraction of sp³-hybridized carbons (Fsp3) is 0.368. The first-order chi connectivity index (χ1) is 15.4. The summed E-state index contributed by atoms with van der Waals surface area (Å²) in [5.41, 5.74) is 6.48. The summed E-state index contributed by atoms with van der Waals surface area (Å²) in [5.74, 6) is -2.70. The number of carboxylic acids is 1. The number of carbonyl (C=O) groups is 2. The number of nitrogens with zero attached hydrogens (tertiary/aromatic N) is 3. The van der Waals surface area contributed by atoms with Crippen LogP contribution in [0.2, 0.25) is 0 Å². The maximum atomic E-state index is 12.6. The summed E-state index contributed by atoms with van der Waals surface area (Å²) in [6.07, 6.45) is 2.29. The smallest absolute Gasteiger partial charge is 0.534 e. The molecule has 32 heavy (non-hydrogen) atoms. The highest BCUT2D eigenvalue weighted by Crippen LogP contribution is 2.33. The highest BCUT2D eigenvalue weighted by molar-refractivity contribution is 7.13. The van der Waals surface area contributed by atoms with Crippen LogP contribution in [0.3, 0.4) is 0 Å². The molecular weight excluding hydrogens is 437 g/mol. The Labute approximate surface area is 187 Å². The van der Waals surface area contributed by atoms with Gasteiger partial charge in [-0.25, -0.2) is 9.78 Å². The Balaban J connectivity index is 1.54. The van der Waals surface area contributed by atoms with Crippen molar-refractivity contribution in [1.29, 1.82) is 0 Å². The van der Waals surface area contributed by atoms with Gasteiger partial charge in [0.25, 0.3) is 5.91 Å². The van der Waals surface area contributed by atoms with Crippen LogP contribution in [0.5, 0.6) is 5.75 Å². The van der Waals surface area contributed by atoms with Gasteiger partial charge in [0, 0.05) is 11.9 Å². The van der Waals surface area contributed by atoms with Gasteiger partial charge >= 0.3 is 13.1 Å². The molecule has 0 saturated carbocycles. The standard InChI is InChI=1S/C19H22BN5O6S/c21-19-22-12(9-32-19)15(24-30)17(26)23-13-7-10-3-4-11(8-25-5-1-2-6-25)14(18(27)28)16(10)31-20(13)29/h3-4,9,13,29-30H,1-2,5-8H2,(H2,21,22)(H,23,26)(H,27,28). The molecule has 2 aliphatic rings. The fourth-order valence-electron chi connectivity index (χ4n) is 4.02. The van der Waals surface area contributed by atoms with Crippen molar-refractivity contribution in [2.75, 3.05) is 18.8 Å². The quantitative estimate of drug-likeness (QED) is 0.177. The summed E-state index contributed by atoms with van der Waals surface area (Å²) in [7, 11) is -1.49. The molecule has 0 spiro atoms. The van der Waals surface area contributed by atoms with E-state index in [2.05, 4.69) is 20.4 Å². The molecule has 1 aromatic heterocycles. The summed E-state index contributed by atoms with van der Waals surface area (Å²) >= 11 is 1.08. The lowest BCUT2D eigenvalue weighted by molar-refractivity contribution is -0.115. The van der Waals surface area contributed by atoms with E-state index in [4.69, 9.17) is 10.4 Å². The van der Waals surface area contributed by atoms with Crippen LogP contribution in [0.4, 0.5) is 5.13 Å². The van der Waals surface area contributed by atoms with E-state index in [0.29, 0.717) is 17.7 Å². The second kappa shape index (κ2) is 9.14. The normalized spacial score (nSPS) is 18.8. The molecule has 2 aliphatic heterocycles. The third-order valence-electron chi connectivity index (χ3n) is 5.55.